The number of halogens is 1. The van der Waals surface area contributed by atoms with Gasteiger partial charge in [0.05, 0.1) is 13.5 Å². The summed E-state index contributed by atoms with van der Waals surface area (Å²) in [6.07, 6.45) is -1.18. The summed E-state index contributed by atoms with van der Waals surface area (Å²) in [4.78, 5) is 34.8. The molecule has 1 atom stereocenters. The van der Waals surface area contributed by atoms with Crippen LogP contribution in [0.3, 0.4) is 0 Å². The Kier molecular flexibility index (Phi) is 5.76. The number of esters is 1. The molecule has 140 valence electrons. The number of alkyl carbamates (subject to hydrolysis) is 1. The standard InChI is InChI=1S/C20H18ClNO5/c1-26-18(23)10-17(19(21)24)22-20(25)27-11-16-14-8-4-2-6-12(14)13-7-3-5-9-15(13)16/h2-9,16-17H,10-11H2,1H3,(H,22,25)/t17-/m0/s1. The highest BCUT2D eigenvalue weighted by molar-refractivity contribution is 6.65. The summed E-state index contributed by atoms with van der Waals surface area (Å²) in [5.74, 6) is -0.762. The van der Waals surface area contributed by atoms with Gasteiger partial charge in [-0.3, -0.25) is 9.59 Å². The van der Waals surface area contributed by atoms with Gasteiger partial charge in [0.25, 0.3) is 0 Å². The highest BCUT2D eigenvalue weighted by atomic mass is 35.5. The van der Waals surface area contributed by atoms with Crippen molar-refractivity contribution < 1.29 is 23.9 Å². The van der Waals surface area contributed by atoms with Gasteiger partial charge in [0, 0.05) is 5.92 Å². The number of carbonyl (C=O) groups is 3. The summed E-state index contributed by atoms with van der Waals surface area (Å²) >= 11 is 5.43. The van der Waals surface area contributed by atoms with Crippen LogP contribution in [0, 0.1) is 0 Å². The van der Waals surface area contributed by atoms with Crippen LogP contribution in [-0.2, 0) is 19.1 Å². The summed E-state index contributed by atoms with van der Waals surface area (Å²) in [5.41, 5.74) is 4.38. The van der Waals surface area contributed by atoms with Crippen molar-refractivity contribution in [1.29, 1.82) is 0 Å². The fourth-order valence-corrected chi connectivity index (χ4v) is 3.35. The quantitative estimate of drug-likeness (QED) is 0.608. The lowest BCUT2D eigenvalue weighted by Gasteiger charge is -2.17. The minimum atomic E-state index is -1.20. The molecule has 1 aliphatic carbocycles. The van der Waals surface area contributed by atoms with Crippen molar-refractivity contribution in [3.63, 3.8) is 0 Å². The van der Waals surface area contributed by atoms with Gasteiger partial charge in [-0.2, -0.15) is 0 Å². The first-order valence-corrected chi connectivity index (χ1v) is 8.76. The fourth-order valence-electron chi connectivity index (χ4n) is 3.22. The molecule has 0 saturated heterocycles. The molecule has 0 bridgehead atoms. The molecule has 0 radical (unpaired) electrons. The molecular formula is C20H18ClNO5. The molecule has 2 aromatic rings. The van der Waals surface area contributed by atoms with Crippen LogP contribution in [0.1, 0.15) is 23.5 Å². The Hall–Kier alpha value is -2.86. The van der Waals surface area contributed by atoms with Gasteiger partial charge in [0.15, 0.2) is 0 Å². The predicted molar refractivity (Wildman–Crippen MR) is 99.5 cm³/mol. The molecule has 0 saturated carbocycles. The maximum atomic E-state index is 12.1. The van der Waals surface area contributed by atoms with E-state index in [1.54, 1.807) is 0 Å². The number of amides is 1. The Morgan fingerprint density at radius 3 is 2.11 bits per heavy atom. The van der Waals surface area contributed by atoms with E-state index in [2.05, 4.69) is 10.1 Å². The largest absolute Gasteiger partial charge is 0.469 e. The summed E-state index contributed by atoms with van der Waals surface area (Å²) in [7, 11) is 1.19. The number of carbonyl (C=O) groups excluding carboxylic acids is 3. The zero-order valence-corrected chi connectivity index (χ0v) is 15.4. The highest BCUT2D eigenvalue weighted by Crippen LogP contribution is 2.44. The second-order valence-corrected chi connectivity index (χ2v) is 6.48. The first-order chi connectivity index (χ1) is 13.0. The van der Waals surface area contributed by atoms with Gasteiger partial charge < -0.3 is 14.8 Å². The lowest BCUT2D eigenvalue weighted by molar-refractivity contribution is -0.142. The van der Waals surface area contributed by atoms with Crippen molar-refractivity contribution in [2.75, 3.05) is 13.7 Å². The number of hydrogen-bond acceptors (Lipinski definition) is 5. The van der Waals surface area contributed by atoms with Crippen molar-refractivity contribution in [1.82, 2.24) is 5.32 Å². The first kappa shape index (κ1) is 18.9. The molecule has 0 heterocycles. The monoisotopic (exact) mass is 387 g/mol. The van der Waals surface area contributed by atoms with Crippen LogP contribution in [0.15, 0.2) is 48.5 Å². The zero-order valence-electron chi connectivity index (χ0n) is 14.6. The molecule has 0 spiro atoms. The van der Waals surface area contributed by atoms with E-state index in [1.165, 1.54) is 7.11 Å². The predicted octanol–water partition coefficient (Wildman–Crippen LogP) is 3.22. The molecule has 6 nitrogen and oxygen atoms in total. The molecule has 0 aliphatic heterocycles. The van der Waals surface area contributed by atoms with Crippen molar-refractivity contribution in [2.45, 2.75) is 18.4 Å². The molecule has 0 aromatic heterocycles. The van der Waals surface area contributed by atoms with Gasteiger partial charge in [-0.1, -0.05) is 48.5 Å². The number of ether oxygens (including phenoxy) is 2. The third-order valence-corrected chi connectivity index (χ3v) is 4.77. The SMILES string of the molecule is COC(=O)C[C@H](NC(=O)OCC1c2ccccc2-c2ccccc21)C(=O)Cl. The second kappa shape index (κ2) is 8.22. The lowest BCUT2D eigenvalue weighted by atomic mass is 9.98. The topological polar surface area (TPSA) is 81.7 Å². The smallest absolute Gasteiger partial charge is 0.407 e. The Morgan fingerprint density at radius 1 is 1.04 bits per heavy atom. The molecular weight excluding hydrogens is 370 g/mol. The van der Waals surface area contributed by atoms with E-state index < -0.39 is 23.3 Å². The van der Waals surface area contributed by atoms with Crippen molar-refractivity contribution in [3.05, 3.63) is 59.7 Å². The van der Waals surface area contributed by atoms with E-state index in [-0.39, 0.29) is 18.9 Å². The van der Waals surface area contributed by atoms with Gasteiger partial charge in [-0.15, -0.1) is 0 Å². The van der Waals surface area contributed by atoms with E-state index >= 15 is 0 Å². The first-order valence-electron chi connectivity index (χ1n) is 8.39. The van der Waals surface area contributed by atoms with Gasteiger partial charge in [0.1, 0.15) is 12.6 Å². The molecule has 7 heteroatoms. The summed E-state index contributed by atoms with van der Waals surface area (Å²) in [6, 6.07) is 14.7. The van der Waals surface area contributed by atoms with Crippen LogP contribution in [0.25, 0.3) is 11.1 Å². The number of methoxy groups -OCH3 is 1. The summed E-state index contributed by atoms with van der Waals surface area (Å²) in [6.45, 7) is 0.0985. The zero-order chi connectivity index (χ0) is 19.4. The van der Waals surface area contributed by atoms with E-state index in [1.807, 2.05) is 48.5 Å². The highest BCUT2D eigenvalue weighted by Gasteiger charge is 2.30. The fraction of sp³-hybridized carbons (Fsp3) is 0.250. The van der Waals surface area contributed by atoms with Gasteiger partial charge >= 0.3 is 12.1 Å². The van der Waals surface area contributed by atoms with E-state index in [9.17, 15) is 14.4 Å². The minimum Gasteiger partial charge on any atom is -0.469 e. The maximum absolute atomic E-state index is 12.1. The number of hydrogen-bond donors (Lipinski definition) is 1. The summed E-state index contributed by atoms with van der Waals surface area (Å²) < 4.78 is 9.81. The minimum absolute atomic E-state index is 0.0985. The van der Waals surface area contributed by atoms with E-state index in [0.717, 1.165) is 22.3 Å². The Labute approximate surface area is 161 Å². The molecule has 1 N–H and O–H groups in total. The molecule has 0 fully saturated rings. The van der Waals surface area contributed by atoms with Crippen LogP contribution < -0.4 is 5.32 Å². The van der Waals surface area contributed by atoms with Crippen molar-refractivity contribution >= 4 is 28.9 Å². The Balaban J connectivity index is 1.68. The van der Waals surface area contributed by atoms with Crippen LogP contribution in [0.4, 0.5) is 4.79 Å². The number of rotatable bonds is 6. The molecule has 27 heavy (non-hydrogen) atoms. The molecule has 0 unspecified atom stereocenters. The maximum Gasteiger partial charge on any atom is 0.407 e. The van der Waals surface area contributed by atoms with Crippen LogP contribution in [-0.4, -0.2) is 37.1 Å². The van der Waals surface area contributed by atoms with Crippen LogP contribution >= 0.6 is 11.6 Å². The number of fused-ring (bicyclic) bond motifs is 3. The van der Waals surface area contributed by atoms with Gasteiger partial charge in [-0.25, -0.2) is 4.79 Å². The lowest BCUT2D eigenvalue weighted by Crippen LogP contribution is -2.41. The van der Waals surface area contributed by atoms with Crippen molar-refractivity contribution in [2.24, 2.45) is 0 Å². The second-order valence-electron chi connectivity index (χ2n) is 6.11. The third kappa shape index (κ3) is 4.11. The van der Waals surface area contributed by atoms with Gasteiger partial charge in [-0.05, 0) is 33.9 Å². The average Bonchev–Trinajstić information content (AvgIpc) is 2.99. The van der Waals surface area contributed by atoms with Crippen molar-refractivity contribution in [3.8, 4) is 11.1 Å². The molecule has 2 aromatic carbocycles. The van der Waals surface area contributed by atoms with Crippen LogP contribution in [0.5, 0.6) is 0 Å². The summed E-state index contributed by atoms with van der Waals surface area (Å²) in [5, 5.41) is 1.44. The van der Waals surface area contributed by atoms with Crippen LogP contribution in [0.2, 0.25) is 0 Å². The Bertz CT molecular complexity index is 837. The average molecular weight is 388 g/mol. The Morgan fingerprint density at radius 2 is 1.59 bits per heavy atom. The molecule has 1 aliphatic rings. The number of nitrogens with one attached hydrogen (secondary N) is 1. The number of benzene rings is 2. The van der Waals surface area contributed by atoms with E-state index in [4.69, 9.17) is 16.3 Å². The normalized spacial score (nSPS) is 13.3. The molecule has 3 rings (SSSR count). The third-order valence-electron chi connectivity index (χ3n) is 4.51. The van der Waals surface area contributed by atoms with E-state index in [0.29, 0.717) is 0 Å². The van der Waals surface area contributed by atoms with Gasteiger partial charge in [0.2, 0.25) is 5.24 Å². The molecule has 1 amide bonds.